The van der Waals surface area contributed by atoms with Gasteiger partial charge in [0.25, 0.3) is 0 Å². The van der Waals surface area contributed by atoms with E-state index in [9.17, 15) is 4.57 Å². The third-order valence-electron chi connectivity index (χ3n) is 0.929. The zero-order valence-corrected chi connectivity index (χ0v) is 7.01. The zero-order valence-electron chi connectivity index (χ0n) is 6.12. The minimum atomic E-state index is -3.25. The van der Waals surface area contributed by atoms with E-state index >= 15 is 0 Å². The Morgan fingerprint density at radius 1 is 1.60 bits per heavy atom. The summed E-state index contributed by atoms with van der Waals surface area (Å²) in [6.07, 6.45) is 1.58. The molecule has 0 spiro atoms. The van der Waals surface area contributed by atoms with Crippen LogP contribution in [0.5, 0.6) is 0 Å². The van der Waals surface area contributed by atoms with Gasteiger partial charge in [0.1, 0.15) is 0 Å². The van der Waals surface area contributed by atoms with Crippen molar-refractivity contribution < 1.29 is 14.0 Å². The largest absolute Gasteiger partial charge is 0.330 e. The van der Waals surface area contributed by atoms with Gasteiger partial charge >= 0.3 is 7.60 Å². The van der Waals surface area contributed by atoms with Gasteiger partial charge in [-0.05, 0) is 19.4 Å². The van der Waals surface area contributed by atoms with Crippen LogP contribution < -0.4 is 5.73 Å². The maximum absolute atomic E-state index is 10.5. The van der Waals surface area contributed by atoms with Crippen LogP contribution in [0.25, 0.3) is 0 Å². The molecular formula is C5H14NO3P. The lowest BCUT2D eigenvalue weighted by atomic mass is 10.3. The van der Waals surface area contributed by atoms with Crippen LogP contribution in [0.15, 0.2) is 0 Å². The van der Waals surface area contributed by atoms with Crippen LogP contribution in [-0.4, -0.2) is 24.7 Å². The van der Waals surface area contributed by atoms with Gasteiger partial charge in [-0.25, -0.2) is 0 Å². The summed E-state index contributed by atoms with van der Waals surface area (Å²) < 4.78 is 15.1. The summed E-state index contributed by atoms with van der Waals surface area (Å²) in [5, 5.41) is 0. The predicted molar refractivity (Wildman–Crippen MR) is 40.0 cm³/mol. The average Bonchev–Trinajstić information content (AvgIpc) is 1.78. The lowest BCUT2D eigenvalue weighted by Gasteiger charge is -2.04. The highest BCUT2D eigenvalue weighted by molar-refractivity contribution is 7.51. The standard InChI is InChI=1S/C5H14NO3P/c1-10(7,8)9-5-3-2-4-6/h2-6H2,1H3,(H,7,8). The third-order valence-corrected chi connectivity index (χ3v) is 1.59. The van der Waals surface area contributed by atoms with Crippen LogP contribution in [0.1, 0.15) is 12.8 Å². The first-order chi connectivity index (χ1) is 4.56. The second-order valence-electron chi connectivity index (χ2n) is 2.13. The van der Waals surface area contributed by atoms with E-state index in [1.807, 2.05) is 0 Å². The van der Waals surface area contributed by atoms with Gasteiger partial charge in [-0.1, -0.05) is 0 Å². The molecule has 0 aliphatic carbocycles. The van der Waals surface area contributed by atoms with E-state index in [2.05, 4.69) is 4.52 Å². The molecule has 0 amide bonds. The molecule has 0 aromatic heterocycles. The first-order valence-corrected chi connectivity index (χ1v) is 5.23. The molecule has 1 unspecified atom stereocenters. The number of hydrogen-bond donors (Lipinski definition) is 2. The van der Waals surface area contributed by atoms with Crippen molar-refractivity contribution in [3.05, 3.63) is 0 Å². The Morgan fingerprint density at radius 3 is 2.60 bits per heavy atom. The van der Waals surface area contributed by atoms with Crippen molar-refractivity contribution in [2.75, 3.05) is 19.8 Å². The van der Waals surface area contributed by atoms with Crippen molar-refractivity contribution in [3.8, 4) is 0 Å². The van der Waals surface area contributed by atoms with Crippen molar-refractivity contribution in [3.63, 3.8) is 0 Å². The number of nitrogens with two attached hydrogens (primary N) is 1. The summed E-state index contributed by atoms with van der Waals surface area (Å²) in [4.78, 5) is 8.62. The molecule has 0 fully saturated rings. The Hall–Kier alpha value is 0.110. The molecule has 5 heteroatoms. The number of rotatable bonds is 5. The Labute approximate surface area is 60.9 Å². The van der Waals surface area contributed by atoms with E-state index in [0.717, 1.165) is 12.8 Å². The Balaban J connectivity index is 3.13. The molecular weight excluding hydrogens is 153 g/mol. The predicted octanol–water partition coefficient (Wildman–Crippen LogP) is 0.557. The topological polar surface area (TPSA) is 72.5 Å². The van der Waals surface area contributed by atoms with Gasteiger partial charge in [0.05, 0.1) is 6.61 Å². The summed E-state index contributed by atoms with van der Waals surface area (Å²) in [6, 6.07) is 0. The molecule has 4 nitrogen and oxygen atoms in total. The maximum Gasteiger partial charge on any atom is 0.325 e. The van der Waals surface area contributed by atoms with Gasteiger partial charge in [0, 0.05) is 6.66 Å². The number of hydrogen-bond acceptors (Lipinski definition) is 3. The van der Waals surface area contributed by atoms with Crippen molar-refractivity contribution in [2.45, 2.75) is 12.8 Å². The molecule has 10 heavy (non-hydrogen) atoms. The first kappa shape index (κ1) is 10.1. The molecule has 0 bridgehead atoms. The zero-order chi connectivity index (χ0) is 8.04. The van der Waals surface area contributed by atoms with Crippen LogP contribution in [0.4, 0.5) is 0 Å². The maximum atomic E-state index is 10.5. The summed E-state index contributed by atoms with van der Waals surface area (Å²) in [5.41, 5.74) is 5.19. The van der Waals surface area contributed by atoms with Gasteiger partial charge in [-0.2, -0.15) is 0 Å². The van der Waals surface area contributed by atoms with Gasteiger partial charge < -0.3 is 15.2 Å². The fourth-order valence-electron chi connectivity index (χ4n) is 0.480. The highest BCUT2D eigenvalue weighted by Gasteiger charge is 2.07. The van der Waals surface area contributed by atoms with E-state index in [1.54, 1.807) is 0 Å². The minimum absolute atomic E-state index is 0.321. The van der Waals surface area contributed by atoms with Crippen LogP contribution >= 0.6 is 7.60 Å². The van der Waals surface area contributed by atoms with E-state index in [0.29, 0.717) is 13.2 Å². The Bertz CT molecular complexity index is 122. The smallest absolute Gasteiger partial charge is 0.325 e. The molecule has 62 valence electrons. The van der Waals surface area contributed by atoms with E-state index in [-0.39, 0.29) is 0 Å². The molecule has 0 aromatic carbocycles. The van der Waals surface area contributed by atoms with Gasteiger partial charge in [-0.3, -0.25) is 4.57 Å². The highest BCUT2D eigenvalue weighted by atomic mass is 31.2. The fraction of sp³-hybridized carbons (Fsp3) is 1.00. The Kier molecular flexibility index (Phi) is 4.91. The molecule has 0 rings (SSSR count). The lowest BCUT2D eigenvalue weighted by Crippen LogP contribution is -2.00. The second-order valence-corrected chi connectivity index (χ2v) is 4.00. The van der Waals surface area contributed by atoms with E-state index < -0.39 is 7.60 Å². The summed E-state index contributed by atoms with van der Waals surface area (Å²) >= 11 is 0. The van der Waals surface area contributed by atoms with Crippen LogP contribution in [0, 0.1) is 0 Å². The van der Waals surface area contributed by atoms with Crippen LogP contribution in [0.3, 0.4) is 0 Å². The fourth-order valence-corrected chi connectivity index (χ4v) is 0.948. The van der Waals surface area contributed by atoms with E-state index in [1.165, 1.54) is 6.66 Å². The van der Waals surface area contributed by atoms with Crippen molar-refractivity contribution in [2.24, 2.45) is 5.73 Å². The first-order valence-electron chi connectivity index (χ1n) is 3.21. The average molecular weight is 167 g/mol. The third kappa shape index (κ3) is 8.11. The van der Waals surface area contributed by atoms with Gasteiger partial charge in [0.2, 0.25) is 0 Å². The molecule has 1 atom stereocenters. The van der Waals surface area contributed by atoms with E-state index in [4.69, 9.17) is 10.6 Å². The van der Waals surface area contributed by atoms with Gasteiger partial charge in [0.15, 0.2) is 0 Å². The van der Waals surface area contributed by atoms with Gasteiger partial charge in [-0.15, -0.1) is 0 Å². The summed E-state index contributed by atoms with van der Waals surface area (Å²) in [7, 11) is -3.25. The molecule has 0 aliphatic heterocycles. The normalized spacial score (nSPS) is 16.7. The molecule has 0 radical (unpaired) electrons. The molecule has 0 heterocycles. The van der Waals surface area contributed by atoms with Crippen molar-refractivity contribution in [1.29, 1.82) is 0 Å². The lowest BCUT2D eigenvalue weighted by molar-refractivity contribution is 0.259. The molecule has 0 saturated carbocycles. The summed E-state index contributed by atoms with van der Waals surface area (Å²) in [5.74, 6) is 0. The number of unbranched alkanes of at least 4 members (excludes halogenated alkanes) is 1. The molecule has 3 N–H and O–H groups in total. The molecule has 0 aliphatic rings. The minimum Gasteiger partial charge on any atom is -0.330 e. The Morgan fingerprint density at radius 2 is 2.20 bits per heavy atom. The van der Waals surface area contributed by atoms with Crippen LogP contribution in [-0.2, 0) is 9.09 Å². The molecule has 0 aromatic rings. The second kappa shape index (κ2) is 4.85. The van der Waals surface area contributed by atoms with Crippen molar-refractivity contribution >= 4 is 7.60 Å². The highest BCUT2D eigenvalue weighted by Crippen LogP contribution is 2.36. The van der Waals surface area contributed by atoms with Crippen molar-refractivity contribution in [1.82, 2.24) is 0 Å². The van der Waals surface area contributed by atoms with Crippen LogP contribution in [0.2, 0.25) is 0 Å². The summed E-state index contributed by atoms with van der Waals surface area (Å²) in [6.45, 7) is 2.10. The SMILES string of the molecule is CP(=O)(O)OCCCCN. The monoisotopic (exact) mass is 167 g/mol. The molecule has 0 saturated heterocycles. The quantitative estimate of drug-likeness (QED) is 0.463.